The van der Waals surface area contributed by atoms with Gasteiger partial charge in [-0.25, -0.2) is 4.39 Å². The number of anilines is 1. The number of nitrogens with zero attached hydrogens (tertiary/aromatic N) is 3. The fraction of sp³-hybridized carbons (Fsp3) is 0.0833. The van der Waals surface area contributed by atoms with Crippen molar-refractivity contribution >= 4 is 23.0 Å². The van der Waals surface area contributed by atoms with E-state index < -0.39 is 0 Å². The van der Waals surface area contributed by atoms with Crippen LogP contribution in [-0.2, 0) is 0 Å². The van der Waals surface area contributed by atoms with E-state index in [-0.39, 0.29) is 17.9 Å². The van der Waals surface area contributed by atoms with E-state index in [1.165, 1.54) is 6.07 Å². The topological polar surface area (TPSA) is 33.1 Å². The third-order valence-electron chi connectivity index (χ3n) is 5.32. The van der Waals surface area contributed by atoms with Gasteiger partial charge < -0.3 is 14.8 Å². The van der Waals surface area contributed by atoms with Gasteiger partial charge in [0.25, 0.3) is 0 Å². The summed E-state index contributed by atoms with van der Waals surface area (Å²) in [6.07, 6.45) is 5.85. The lowest BCUT2D eigenvalue weighted by atomic mass is 9.98. The van der Waals surface area contributed by atoms with Crippen LogP contribution in [0.1, 0.15) is 23.3 Å². The van der Waals surface area contributed by atoms with Crippen molar-refractivity contribution in [2.24, 2.45) is 0 Å². The summed E-state index contributed by atoms with van der Waals surface area (Å²) in [6, 6.07) is 24.2. The molecule has 0 radical (unpaired) electrons. The standard InChI is InChI=1S/C24H19FN4S/c25-19-10-4-5-12-21(19)29-23(22(27-24(29)30)20-11-6-7-14-26-20)17-13-15-28(16-17)18-8-2-1-3-9-18/h1-16,22-23H,(H,27,30)/t22-,23+/m1/s1. The summed E-state index contributed by atoms with van der Waals surface area (Å²) in [7, 11) is 0. The predicted molar refractivity (Wildman–Crippen MR) is 120 cm³/mol. The van der Waals surface area contributed by atoms with Crippen LogP contribution in [0.3, 0.4) is 0 Å². The molecule has 2 aromatic heterocycles. The van der Waals surface area contributed by atoms with Crippen molar-refractivity contribution in [2.45, 2.75) is 12.1 Å². The highest BCUT2D eigenvalue weighted by Gasteiger charge is 2.41. The van der Waals surface area contributed by atoms with E-state index in [0.717, 1.165) is 16.9 Å². The normalized spacial score (nSPS) is 18.4. The average molecular weight is 415 g/mol. The second-order valence-electron chi connectivity index (χ2n) is 7.14. The highest BCUT2D eigenvalue weighted by molar-refractivity contribution is 7.80. The molecule has 1 aliphatic rings. The number of thiocarbonyl (C=S) groups is 1. The summed E-state index contributed by atoms with van der Waals surface area (Å²) in [5.41, 5.74) is 3.39. The molecule has 1 fully saturated rings. The van der Waals surface area contributed by atoms with E-state index in [2.05, 4.69) is 27.1 Å². The maximum Gasteiger partial charge on any atom is 0.174 e. The fourth-order valence-corrected chi connectivity index (χ4v) is 4.29. The predicted octanol–water partition coefficient (Wildman–Crippen LogP) is 5.19. The molecule has 3 heterocycles. The number of pyridine rings is 1. The summed E-state index contributed by atoms with van der Waals surface area (Å²) in [5.74, 6) is -0.309. The average Bonchev–Trinajstić information content (AvgIpc) is 3.40. The first-order chi connectivity index (χ1) is 14.7. The van der Waals surface area contributed by atoms with Crippen LogP contribution in [0, 0.1) is 5.82 Å². The van der Waals surface area contributed by atoms with Crippen LogP contribution in [0.25, 0.3) is 5.69 Å². The van der Waals surface area contributed by atoms with E-state index >= 15 is 0 Å². The van der Waals surface area contributed by atoms with Gasteiger partial charge in [-0.05, 0) is 60.2 Å². The molecule has 0 bridgehead atoms. The highest BCUT2D eigenvalue weighted by Crippen LogP contribution is 2.42. The van der Waals surface area contributed by atoms with Crippen LogP contribution < -0.4 is 10.2 Å². The molecule has 5 rings (SSSR count). The molecule has 2 atom stereocenters. The van der Waals surface area contributed by atoms with Crippen LogP contribution in [0.2, 0.25) is 0 Å². The van der Waals surface area contributed by atoms with Gasteiger partial charge >= 0.3 is 0 Å². The van der Waals surface area contributed by atoms with E-state index in [1.54, 1.807) is 18.3 Å². The minimum atomic E-state index is -0.309. The van der Waals surface area contributed by atoms with Crippen LogP contribution in [0.4, 0.5) is 10.1 Å². The molecule has 1 aliphatic heterocycles. The number of halogens is 1. The summed E-state index contributed by atoms with van der Waals surface area (Å²) in [4.78, 5) is 6.39. The summed E-state index contributed by atoms with van der Waals surface area (Å²) >= 11 is 5.65. The zero-order chi connectivity index (χ0) is 20.5. The molecule has 0 amide bonds. The van der Waals surface area contributed by atoms with Crippen molar-refractivity contribution in [3.8, 4) is 5.69 Å². The maximum atomic E-state index is 14.8. The Labute approximate surface area is 179 Å². The molecule has 4 aromatic rings. The lowest BCUT2D eigenvalue weighted by Crippen LogP contribution is -2.30. The molecule has 0 aliphatic carbocycles. The molecular weight excluding hydrogens is 395 g/mol. The Morgan fingerprint density at radius 2 is 1.67 bits per heavy atom. The van der Waals surface area contributed by atoms with Crippen molar-refractivity contribution < 1.29 is 4.39 Å². The molecule has 6 heteroatoms. The van der Waals surface area contributed by atoms with Gasteiger partial charge in [0.05, 0.1) is 23.5 Å². The van der Waals surface area contributed by atoms with Crippen molar-refractivity contribution in [3.63, 3.8) is 0 Å². The van der Waals surface area contributed by atoms with Gasteiger partial charge in [-0.1, -0.05) is 36.4 Å². The number of para-hydroxylation sites is 2. The van der Waals surface area contributed by atoms with E-state index in [9.17, 15) is 4.39 Å². The van der Waals surface area contributed by atoms with E-state index in [4.69, 9.17) is 12.2 Å². The molecule has 30 heavy (non-hydrogen) atoms. The lowest BCUT2D eigenvalue weighted by molar-refractivity contribution is 0.558. The van der Waals surface area contributed by atoms with Gasteiger partial charge in [-0.2, -0.15) is 0 Å². The number of hydrogen-bond donors (Lipinski definition) is 1. The monoisotopic (exact) mass is 414 g/mol. The van der Waals surface area contributed by atoms with Gasteiger partial charge in [0.2, 0.25) is 0 Å². The SMILES string of the molecule is Fc1ccccc1N1C(=S)N[C@H](c2ccccn2)[C@@H]1c1ccn(-c2ccccc2)c1. The number of benzene rings is 2. The van der Waals surface area contributed by atoms with Gasteiger partial charge in [-0.15, -0.1) is 0 Å². The van der Waals surface area contributed by atoms with Crippen molar-refractivity contribution in [1.29, 1.82) is 0 Å². The molecule has 0 spiro atoms. The van der Waals surface area contributed by atoms with Crippen molar-refractivity contribution in [2.75, 3.05) is 4.90 Å². The highest BCUT2D eigenvalue weighted by atomic mass is 32.1. The second kappa shape index (κ2) is 7.72. The van der Waals surface area contributed by atoms with Crippen LogP contribution in [0.5, 0.6) is 0 Å². The minimum Gasteiger partial charge on any atom is -0.351 e. The number of nitrogens with one attached hydrogen (secondary N) is 1. The zero-order valence-electron chi connectivity index (χ0n) is 16.0. The third kappa shape index (κ3) is 3.25. The van der Waals surface area contributed by atoms with Gasteiger partial charge in [0, 0.05) is 24.3 Å². The first-order valence-electron chi connectivity index (χ1n) is 9.71. The molecule has 2 aromatic carbocycles. The lowest BCUT2D eigenvalue weighted by Gasteiger charge is -2.27. The van der Waals surface area contributed by atoms with Crippen molar-refractivity contribution in [1.82, 2.24) is 14.9 Å². The fourth-order valence-electron chi connectivity index (χ4n) is 3.95. The maximum absolute atomic E-state index is 14.8. The largest absolute Gasteiger partial charge is 0.351 e. The van der Waals surface area contributed by atoms with Crippen LogP contribution >= 0.6 is 12.2 Å². The van der Waals surface area contributed by atoms with Crippen molar-refractivity contribution in [3.05, 3.63) is 115 Å². The quantitative estimate of drug-likeness (QED) is 0.466. The van der Waals surface area contributed by atoms with E-state index in [1.807, 2.05) is 65.7 Å². The second-order valence-corrected chi connectivity index (χ2v) is 7.52. The van der Waals surface area contributed by atoms with Gasteiger partial charge in [-0.3, -0.25) is 4.98 Å². The van der Waals surface area contributed by atoms with E-state index in [0.29, 0.717) is 10.8 Å². The van der Waals surface area contributed by atoms with Gasteiger partial charge in [0.15, 0.2) is 5.11 Å². The number of rotatable bonds is 4. The summed E-state index contributed by atoms with van der Waals surface area (Å²) in [5, 5.41) is 3.84. The zero-order valence-corrected chi connectivity index (χ0v) is 16.8. The number of hydrogen-bond acceptors (Lipinski definition) is 2. The molecule has 0 saturated carbocycles. The molecule has 148 valence electrons. The minimum absolute atomic E-state index is 0.204. The molecule has 1 N–H and O–H groups in total. The summed E-state index contributed by atoms with van der Waals surface area (Å²) in [6.45, 7) is 0. The molecule has 0 unspecified atom stereocenters. The number of aromatic nitrogens is 2. The Morgan fingerprint density at radius 1 is 0.900 bits per heavy atom. The molecule has 4 nitrogen and oxygen atoms in total. The molecule has 1 saturated heterocycles. The Kier molecular flexibility index (Phi) is 4.77. The van der Waals surface area contributed by atoms with Gasteiger partial charge in [0.1, 0.15) is 5.82 Å². The molecular formula is C24H19FN4S. The Bertz CT molecular complexity index is 1180. The Hall–Kier alpha value is -3.51. The Balaban J connectivity index is 1.62. The van der Waals surface area contributed by atoms with Crippen LogP contribution in [-0.4, -0.2) is 14.7 Å². The third-order valence-corrected chi connectivity index (χ3v) is 5.64. The Morgan fingerprint density at radius 3 is 2.43 bits per heavy atom. The first-order valence-corrected chi connectivity index (χ1v) is 10.1. The summed E-state index contributed by atoms with van der Waals surface area (Å²) < 4.78 is 16.8. The first kappa shape index (κ1) is 18.5. The van der Waals surface area contributed by atoms with Crippen LogP contribution in [0.15, 0.2) is 97.5 Å². The smallest absolute Gasteiger partial charge is 0.174 e.